The molecule has 1 saturated heterocycles. The fraction of sp³-hybridized carbons (Fsp3) is 0.294. The Hall–Kier alpha value is -0.710. The van der Waals surface area contributed by atoms with Crippen molar-refractivity contribution in [1.82, 2.24) is 5.32 Å². The molecular formula is C17H19Cl4FN2. The number of anilines is 1. The Balaban J connectivity index is 0.00000144. The van der Waals surface area contributed by atoms with E-state index >= 15 is 0 Å². The summed E-state index contributed by atoms with van der Waals surface area (Å²) in [6.07, 6.45) is 0. The van der Waals surface area contributed by atoms with Crippen molar-refractivity contribution in [3.63, 3.8) is 0 Å². The van der Waals surface area contributed by atoms with Crippen LogP contribution < -0.4 is 10.2 Å². The van der Waals surface area contributed by atoms with Gasteiger partial charge in [0.2, 0.25) is 0 Å². The molecule has 1 heterocycles. The van der Waals surface area contributed by atoms with Gasteiger partial charge >= 0.3 is 0 Å². The Bertz CT molecular complexity index is 665. The van der Waals surface area contributed by atoms with Crippen molar-refractivity contribution in [1.29, 1.82) is 0 Å². The first-order chi connectivity index (χ1) is 10.6. The molecule has 1 aliphatic heterocycles. The predicted molar refractivity (Wildman–Crippen MR) is 105 cm³/mol. The van der Waals surface area contributed by atoms with Crippen molar-refractivity contribution in [2.75, 3.05) is 24.5 Å². The van der Waals surface area contributed by atoms with Crippen molar-refractivity contribution >= 4 is 53.7 Å². The molecular weight excluding hydrogens is 393 g/mol. The van der Waals surface area contributed by atoms with Crippen LogP contribution in [-0.4, -0.2) is 19.6 Å². The molecule has 1 N–H and O–H groups in total. The van der Waals surface area contributed by atoms with Gasteiger partial charge in [0.25, 0.3) is 0 Å². The van der Waals surface area contributed by atoms with E-state index in [0.717, 1.165) is 30.9 Å². The number of hydrogen-bond acceptors (Lipinski definition) is 2. The van der Waals surface area contributed by atoms with Gasteiger partial charge in [-0.15, -0.1) is 24.8 Å². The van der Waals surface area contributed by atoms with Crippen LogP contribution in [0.4, 0.5) is 10.1 Å². The summed E-state index contributed by atoms with van der Waals surface area (Å²) in [6.45, 7) is 3.58. The van der Waals surface area contributed by atoms with Gasteiger partial charge in [0, 0.05) is 42.8 Å². The number of hydrogen-bond donors (Lipinski definition) is 1. The van der Waals surface area contributed by atoms with Gasteiger partial charge in [-0.05, 0) is 35.9 Å². The Morgan fingerprint density at radius 2 is 1.83 bits per heavy atom. The van der Waals surface area contributed by atoms with Gasteiger partial charge in [0.15, 0.2) is 0 Å². The molecule has 7 heteroatoms. The third kappa shape index (κ3) is 5.40. The fourth-order valence-electron chi connectivity index (χ4n) is 2.58. The molecule has 1 aliphatic rings. The minimum atomic E-state index is -0.379. The highest BCUT2D eigenvalue weighted by atomic mass is 35.5. The molecule has 0 aliphatic carbocycles. The first kappa shape index (κ1) is 21.3. The molecule has 132 valence electrons. The number of benzene rings is 2. The number of halogens is 5. The van der Waals surface area contributed by atoms with Crippen molar-refractivity contribution in [2.45, 2.75) is 6.54 Å². The van der Waals surface area contributed by atoms with Gasteiger partial charge in [-0.25, -0.2) is 4.39 Å². The Labute approximate surface area is 164 Å². The van der Waals surface area contributed by atoms with E-state index < -0.39 is 0 Å². The highest BCUT2D eigenvalue weighted by Crippen LogP contribution is 2.24. The van der Waals surface area contributed by atoms with Gasteiger partial charge in [-0.2, -0.15) is 0 Å². The Morgan fingerprint density at radius 3 is 2.42 bits per heavy atom. The summed E-state index contributed by atoms with van der Waals surface area (Å²) in [4.78, 5) is 2.24. The molecule has 0 amide bonds. The molecule has 0 saturated carbocycles. The zero-order chi connectivity index (χ0) is 15.5. The van der Waals surface area contributed by atoms with Crippen LogP contribution in [0.3, 0.4) is 0 Å². The molecule has 0 aromatic heterocycles. The van der Waals surface area contributed by atoms with E-state index in [2.05, 4.69) is 10.2 Å². The topological polar surface area (TPSA) is 15.3 Å². The average molecular weight is 412 g/mol. The monoisotopic (exact) mass is 410 g/mol. The van der Waals surface area contributed by atoms with E-state index in [-0.39, 0.29) is 35.7 Å². The lowest BCUT2D eigenvalue weighted by Crippen LogP contribution is -2.48. The van der Waals surface area contributed by atoms with E-state index in [0.29, 0.717) is 17.5 Å². The highest BCUT2D eigenvalue weighted by molar-refractivity contribution is 6.31. The zero-order valence-electron chi connectivity index (χ0n) is 12.8. The SMILES string of the molecule is Cl.Cl.Fc1cc(CN(CC2CNC2)c2cccc(Cl)c2)ccc1Cl. The molecule has 0 bridgehead atoms. The smallest absolute Gasteiger partial charge is 0.142 e. The van der Waals surface area contributed by atoms with Gasteiger partial charge in [-0.1, -0.05) is 35.3 Å². The van der Waals surface area contributed by atoms with Crippen molar-refractivity contribution in [3.8, 4) is 0 Å². The quantitative estimate of drug-likeness (QED) is 0.726. The summed E-state index contributed by atoms with van der Waals surface area (Å²) >= 11 is 11.9. The second-order valence-corrected chi connectivity index (χ2v) is 6.48. The predicted octanol–water partition coefficient (Wildman–Crippen LogP) is 5.20. The minimum Gasteiger partial charge on any atom is -0.367 e. The molecule has 0 spiro atoms. The molecule has 0 radical (unpaired) electrons. The van der Waals surface area contributed by atoms with Crippen molar-refractivity contribution in [3.05, 3.63) is 63.9 Å². The van der Waals surface area contributed by atoms with Gasteiger partial charge in [0.1, 0.15) is 5.82 Å². The summed E-state index contributed by atoms with van der Waals surface area (Å²) in [5.41, 5.74) is 1.95. The third-order valence-corrected chi connectivity index (χ3v) is 4.42. The first-order valence-electron chi connectivity index (χ1n) is 7.27. The molecule has 0 atom stereocenters. The molecule has 1 fully saturated rings. The molecule has 24 heavy (non-hydrogen) atoms. The van der Waals surface area contributed by atoms with Crippen LogP contribution in [0, 0.1) is 11.7 Å². The fourth-order valence-corrected chi connectivity index (χ4v) is 2.88. The highest BCUT2D eigenvalue weighted by Gasteiger charge is 2.21. The van der Waals surface area contributed by atoms with Crippen molar-refractivity contribution < 1.29 is 4.39 Å². The van der Waals surface area contributed by atoms with E-state index in [1.54, 1.807) is 6.07 Å². The van der Waals surface area contributed by atoms with Crippen LogP contribution in [0.25, 0.3) is 0 Å². The lowest BCUT2D eigenvalue weighted by molar-refractivity contribution is 0.348. The van der Waals surface area contributed by atoms with Crippen LogP contribution in [0.15, 0.2) is 42.5 Å². The van der Waals surface area contributed by atoms with Crippen LogP contribution in [-0.2, 0) is 6.54 Å². The number of rotatable bonds is 5. The van der Waals surface area contributed by atoms with Crippen LogP contribution in [0.5, 0.6) is 0 Å². The Morgan fingerprint density at radius 1 is 1.08 bits per heavy atom. The molecule has 3 rings (SSSR count). The van der Waals surface area contributed by atoms with E-state index in [1.807, 2.05) is 30.3 Å². The summed E-state index contributed by atoms with van der Waals surface area (Å²) in [7, 11) is 0. The van der Waals surface area contributed by atoms with Crippen LogP contribution >= 0.6 is 48.0 Å². The van der Waals surface area contributed by atoms with Gasteiger partial charge < -0.3 is 10.2 Å². The standard InChI is InChI=1S/C17H17Cl2FN2.2ClH/c18-14-2-1-3-15(7-14)22(11-13-8-21-9-13)10-12-4-5-16(19)17(20)6-12;;/h1-7,13,21H,8-11H2;2*1H. The zero-order valence-corrected chi connectivity index (χ0v) is 16.0. The number of nitrogens with one attached hydrogen (secondary N) is 1. The Kier molecular flexibility index (Phi) is 8.61. The van der Waals surface area contributed by atoms with Crippen LogP contribution in [0.2, 0.25) is 10.0 Å². The van der Waals surface area contributed by atoms with E-state index in [9.17, 15) is 4.39 Å². The third-order valence-electron chi connectivity index (χ3n) is 3.88. The van der Waals surface area contributed by atoms with Crippen LogP contribution in [0.1, 0.15) is 5.56 Å². The maximum atomic E-state index is 13.7. The van der Waals surface area contributed by atoms with Crippen molar-refractivity contribution in [2.24, 2.45) is 5.92 Å². The summed E-state index contributed by atoms with van der Waals surface area (Å²) in [5, 5.41) is 4.14. The largest absolute Gasteiger partial charge is 0.367 e. The molecule has 0 unspecified atom stereocenters. The summed E-state index contributed by atoms with van der Waals surface area (Å²) in [6, 6.07) is 12.7. The summed E-state index contributed by atoms with van der Waals surface area (Å²) < 4.78 is 13.7. The lowest BCUT2D eigenvalue weighted by Gasteiger charge is -2.34. The van der Waals surface area contributed by atoms with E-state index in [1.165, 1.54) is 6.07 Å². The second kappa shape index (κ2) is 9.69. The maximum Gasteiger partial charge on any atom is 0.142 e. The second-order valence-electron chi connectivity index (χ2n) is 5.63. The molecule has 2 nitrogen and oxygen atoms in total. The maximum absolute atomic E-state index is 13.7. The molecule has 2 aromatic carbocycles. The minimum absolute atomic E-state index is 0. The van der Waals surface area contributed by atoms with E-state index in [4.69, 9.17) is 23.2 Å². The first-order valence-corrected chi connectivity index (χ1v) is 8.02. The lowest BCUT2D eigenvalue weighted by atomic mass is 10.0. The average Bonchev–Trinajstić information content (AvgIpc) is 2.45. The number of nitrogens with zero attached hydrogens (tertiary/aromatic N) is 1. The van der Waals surface area contributed by atoms with Gasteiger partial charge in [-0.3, -0.25) is 0 Å². The summed E-state index contributed by atoms with van der Waals surface area (Å²) in [5.74, 6) is 0.228. The molecule has 2 aromatic rings. The normalized spacial score (nSPS) is 13.5. The van der Waals surface area contributed by atoms with Gasteiger partial charge in [0.05, 0.1) is 5.02 Å².